The maximum atomic E-state index is 5.50. The standard InChI is InChI=1S/C9H18INO/c10-5-1-2-6-11-8-9-4-3-7-12-9/h9,11H,1-8H2. The molecule has 1 aliphatic rings. The van der Waals surface area contributed by atoms with Crippen LogP contribution >= 0.6 is 22.6 Å². The Morgan fingerprint density at radius 3 is 3.00 bits per heavy atom. The van der Waals surface area contributed by atoms with Crippen LogP contribution in [0, 0.1) is 0 Å². The number of halogens is 1. The number of ether oxygens (including phenoxy) is 1. The third-order valence-electron chi connectivity index (χ3n) is 2.13. The lowest BCUT2D eigenvalue weighted by Crippen LogP contribution is -2.27. The summed E-state index contributed by atoms with van der Waals surface area (Å²) in [4.78, 5) is 0. The average molecular weight is 283 g/mol. The lowest BCUT2D eigenvalue weighted by molar-refractivity contribution is 0.110. The quantitative estimate of drug-likeness (QED) is 0.457. The van der Waals surface area contributed by atoms with Gasteiger partial charge in [0.15, 0.2) is 0 Å². The Kier molecular flexibility index (Phi) is 6.34. The summed E-state index contributed by atoms with van der Waals surface area (Å²) in [5.41, 5.74) is 0. The van der Waals surface area contributed by atoms with Gasteiger partial charge in [0.2, 0.25) is 0 Å². The molecule has 2 nitrogen and oxygen atoms in total. The van der Waals surface area contributed by atoms with Gasteiger partial charge in [-0.25, -0.2) is 0 Å². The molecule has 0 saturated carbocycles. The molecule has 0 bridgehead atoms. The summed E-state index contributed by atoms with van der Waals surface area (Å²) >= 11 is 2.42. The minimum absolute atomic E-state index is 0.504. The van der Waals surface area contributed by atoms with E-state index in [-0.39, 0.29) is 0 Å². The van der Waals surface area contributed by atoms with Gasteiger partial charge >= 0.3 is 0 Å². The summed E-state index contributed by atoms with van der Waals surface area (Å²) < 4.78 is 6.77. The fourth-order valence-electron chi connectivity index (χ4n) is 1.41. The molecular weight excluding hydrogens is 265 g/mol. The monoisotopic (exact) mass is 283 g/mol. The second-order valence-electron chi connectivity index (χ2n) is 3.24. The maximum Gasteiger partial charge on any atom is 0.0700 e. The van der Waals surface area contributed by atoms with Crippen LogP contribution in [0.4, 0.5) is 0 Å². The first-order valence-electron chi connectivity index (χ1n) is 4.82. The van der Waals surface area contributed by atoms with E-state index in [4.69, 9.17) is 4.74 Å². The van der Waals surface area contributed by atoms with Gasteiger partial charge in [0.1, 0.15) is 0 Å². The van der Waals surface area contributed by atoms with E-state index in [2.05, 4.69) is 27.9 Å². The zero-order valence-electron chi connectivity index (χ0n) is 7.52. The highest BCUT2D eigenvalue weighted by molar-refractivity contribution is 14.1. The fraction of sp³-hybridized carbons (Fsp3) is 1.00. The van der Waals surface area contributed by atoms with E-state index < -0.39 is 0 Å². The second-order valence-corrected chi connectivity index (χ2v) is 4.31. The smallest absolute Gasteiger partial charge is 0.0700 e. The molecule has 1 saturated heterocycles. The van der Waals surface area contributed by atoms with Crippen molar-refractivity contribution in [2.75, 3.05) is 24.1 Å². The van der Waals surface area contributed by atoms with E-state index in [1.807, 2.05) is 0 Å². The van der Waals surface area contributed by atoms with E-state index in [1.54, 1.807) is 0 Å². The molecule has 0 aromatic rings. The number of nitrogens with one attached hydrogen (secondary N) is 1. The topological polar surface area (TPSA) is 21.3 Å². The van der Waals surface area contributed by atoms with Gasteiger partial charge in [-0.1, -0.05) is 22.6 Å². The van der Waals surface area contributed by atoms with Crippen LogP contribution < -0.4 is 5.32 Å². The molecule has 0 amide bonds. The zero-order chi connectivity index (χ0) is 8.65. The van der Waals surface area contributed by atoms with Crippen molar-refractivity contribution in [3.63, 3.8) is 0 Å². The van der Waals surface area contributed by atoms with Crippen molar-refractivity contribution in [1.82, 2.24) is 5.32 Å². The molecular formula is C9H18INO. The molecule has 0 radical (unpaired) electrons. The van der Waals surface area contributed by atoms with Crippen LogP contribution in [0.5, 0.6) is 0 Å². The minimum Gasteiger partial charge on any atom is -0.377 e. The number of alkyl halides is 1. The van der Waals surface area contributed by atoms with Crippen LogP contribution in [0.2, 0.25) is 0 Å². The van der Waals surface area contributed by atoms with E-state index >= 15 is 0 Å². The van der Waals surface area contributed by atoms with Crippen LogP contribution in [-0.4, -0.2) is 30.2 Å². The molecule has 12 heavy (non-hydrogen) atoms. The normalized spacial score (nSPS) is 23.2. The molecule has 1 fully saturated rings. The van der Waals surface area contributed by atoms with Crippen molar-refractivity contribution in [2.45, 2.75) is 31.8 Å². The van der Waals surface area contributed by atoms with E-state index in [0.29, 0.717) is 6.10 Å². The summed E-state index contributed by atoms with van der Waals surface area (Å²) in [7, 11) is 0. The number of rotatable bonds is 6. The number of hydrogen-bond donors (Lipinski definition) is 1. The first-order chi connectivity index (χ1) is 5.93. The summed E-state index contributed by atoms with van der Waals surface area (Å²) in [6.07, 6.45) is 5.64. The zero-order valence-corrected chi connectivity index (χ0v) is 9.68. The Bertz CT molecular complexity index is 105. The molecule has 1 heterocycles. The van der Waals surface area contributed by atoms with E-state index in [0.717, 1.165) is 19.7 Å². The highest BCUT2D eigenvalue weighted by Gasteiger charge is 2.13. The van der Waals surface area contributed by atoms with Gasteiger partial charge < -0.3 is 10.1 Å². The Balaban J connectivity index is 1.81. The van der Waals surface area contributed by atoms with E-state index in [9.17, 15) is 0 Å². The molecule has 1 atom stereocenters. The van der Waals surface area contributed by atoms with Crippen molar-refractivity contribution in [3.8, 4) is 0 Å². The second kappa shape index (κ2) is 7.09. The third-order valence-corrected chi connectivity index (χ3v) is 2.90. The van der Waals surface area contributed by atoms with Crippen molar-refractivity contribution in [2.24, 2.45) is 0 Å². The van der Waals surface area contributed by atoms with Crippen LogP contribution in [0.25, 0.3) is 0 Å². The van der Waals surface area contributed by atoms with Gasteiger partial charge in [-0.3, -0.25) is 0 Å². The third kappa shape index (κ3) is 4.62. The summed E-state index contributed by atoms with van der Waals surface area (Å²) in [5.74, 6) is 0. The van der Waals surface area contributed by atoms with Crippen molar-refractivity contribution in [3.05, 3.63) is 0 Å². The summed E-state index contributed by atoms with van der Waals surface area (Å²) in [6, 6.07) is 0. The molecule has 1 rings (SSSR count). The SMILES string of the molecule is ICCCCNCC1CCCO1. The van der Waals surface area contributed by atoms with E-state index in [1.165, 1.54) is 30.1 Å². The van der Waals surface area contributed by atoms with Gasteiger partial charge in [0, 0.05) is 13.2 Å². The Hall–Kier alpha value is 0.650. The number of hydrogen-bond acceptors (Lipinski definition) is 2. The Labute approximate surface area is 88.6 Å². The lowest BCUT2D eigenvalue weighted by atomic mass is 10.2. The molecule has 1 aliphatic heterocycles. The van der Waals surface area contributed by atoms with Gasteiger partial charge in [-0.15, -0.1) is 0 Å². The largest absolute Gasteiger partial charge is 0.377 e. The number of unbranched alkanes of at least 4 members (excludes halogenated alkanes) is 1. The van der Waals surface area contributed by atoms with Gasteiger partial charge in [-0.05, 0) is 36.7 Å². The van der Waals surface area contributed by atoms with Crippen LogP contribution in [0.1, 0.15) is 25.7 Å². The first-order valence-corrected chi connectivity index (χ1v) is 6.34. The summed E-state index contributed by atoms with van der Waals surface area (Å²) in [5, 5.41) is 3.43. The molecule has 0 aliphatic carbocycles. The highest BCUT2D eigenvalue weighted by Crippen LogP contribution is 2.10. The molecule has 3 heteroatoms. The van der Waals surface area contributed by atoms with Crippen LogP contribution in [0.15, 0.2) is 0 Å². The average Bonchev–Trinajstić information content (AvgIpc) is 2.57. The minimum atomic E-state index is 0.504. The predicted molar refractivity (Wildman–Crippen MR) is 60.0 cm³/mol. The Morgan fingerprint density at radius 2 is 2.33 bits per heavy atom. The predicted octanol–water partition coefficient (Wildman–Crippen LogP) is 1.97. The molecule has 0 aromatic heterocycles. The maximum absolute atomic E-state index is 5.50. The fourth-order valence-corrected chi connectivity index (χ4v) is 1.95. The molecule has 1 N–H and O–H groups in total. The Morgan fingerprint density at radius 1 is 1.42 bits per heavy atom. The molecule has 1 unspecified atom stereocenters. The molecule has 0 spiro atoms. The van der Waals surface area contributed by atoms with Gasteiger partial charge in [0.25, 0.3) is 0 Å². The van der Waals surface area contributed by atoms with Crippen molar-refractivity contribution in [1.29, 1.82) is 0 Å². The van der Waals surface area contributed by atoms with Crippen LogP contribution in [0.3, 0.4) is 0 Å². The van der Waals surface area contributed by atoms with Gasteiger partial charge in [-0.2, -0.15) is 0 Å². The van der Waals surface area contributed by atoms with Crippen LogP contribution in [-0.2, 0) is 4.74 Å². The van der Waals surface area contributed by atoms with Gasteiger partial charge in [0.05, 0.1) is 6.10 Å². The molecule has 72 valence electrons. The van der Waals surface area contributed by atoms with Crippen molar-refractivity contribution < 1.29 is 4.74 Å². The highest BCUT2D eigenvalue weighted by atomic mass is 127. The summed E-state index contributed by atoms with van der Waals surface area (Å²) in [6.45, 7) is 3.18. The van der Waals surface area contributed by atoms with Crippen molar-refractivity contribution >= 4 is 22.6 Å². The first kappa shape index (κ1) is 10.7. The molecule has 0 aromatic carbocycles. The lowest BCUT2D eigenvalue weighted by Gasteiger charge is -2.09.